The van der Waals surface area contributed by atoms with Crippen LogP contribution < -0.4 is 0 Å². The average Bonchev–Trinajstić information content (AvgIpc) is 2.83. The van der Waals surface area contributed by atoms with E-state index in [4.69, 9.17) is 4.74 Å². The highest BCUT2D eigenvalue weighted by Gasteiger charge is 2.21. The Morgan fingerprint density at radius 1 is 1.44 bits per heavy atom. The van der Waals surface area contributed by atoms with Gasteiger partial charge in [0.15, 0.2) is 0 Å². The number of aliphatic hydroxyl groups excluding tert-OH is 1. The first-order valence-electron chi connectivity index (χ1n) is 5.78. The summed E-state index contributed by atoms with van der Waals surface area (Å²) < 4.78 is 7.42. The van der Waals surface area contributed by atoms with Crippen LogP contribution in [0, 0.1) is 0 Å². The Hall–Kier alpha value is -0.910. The number of ether oxygens (including phenoxy) is 1. The molecule has 1 aromatic heterocycles. The van der Waals surface area contributed by atoms with Gasteiger partial charge in [-0.1, -0.05) is 0 Å². The van der Waals surface area contributed by atoms with Gasteiger partial charge in [-0.3, -0.25) is 4.90 Å². The normalized spacial score (nSPS) is 22.4. The highest BCUT2D eigenvalue weighted by molar-refractivity contribution is 4.76. The fourth-order valence-corrected chi connectivity index (χ4v) is 2.03. The second-order valence-electron chi connectivity index (χ2n) is 4.10. The molecule has 0 radical (unpaired) electrons. The maximum atomic E-state index is 9.21. The molecule has 1 N–H and O–H groups in total. The van der Waals surface area contributed by atoms with Crippen LogP contribution in [0.1, 0.15) is 6.42 Å². The number of hydrogen-bond acceptors (Lipinski definition) is 4. The van der Waals surface area contributed by atoms with Crippen molar-refractivity contribution in [2.75, 3.05) is 32.9 Å². The van der Waals surface area contributed by atoms with Crippen LogP contribution in [0.5, 0.6) is 0 Å². The van der Waals surface area contributed by atoms with E-state index in [9.17, 15) is 5.11 Å². The third-order valence-corrected chi connectivity index (χ3v) is 2.98. The van der Waals surface area contributed by atoms with Gasteiger partial charge in [-0.25, -0.2) is 4.98 Å². The first-order valence-corrected chi connectivity index (χ1v) is 5.78. The fourth-order valence-electron chi connectivity index (χ4n) is 2.03. The lowest BCUT2D eigenvalue weighted by molar-refractivity contribution is -0.0280. The van der Waals surface area contributed by atoms with E-state index >= 15 is 0 Å². The molecular formula is C11H19N3O2. The van der Waals surface area contributed by atoms with Crippen LogP contribution in [0.2, 0.25) is 0 Å². The van der Waals surface area contributed by atoms with Crippen molar-refractivity contribution < 1.29 is 9.84 Å². The maximum absolute atomic E-state index is 9.21. The lowest BCUT2D eigenvalue weighted by Crippen LogP contribution is -2.47. The summed E-state index contributed by atoms with van der Waals surface area (Å²) in [6.45, 7) is 4.53. The quantitative estimate of drug-likeness (QED) is 0.764. The minimum Gasteiger partial charge on any atom is -0.395 e. The number of hydrogen-bond donors (Lipinski definition) is 1. The highest BCUT2D eigenvalue weighted by Crippen LogP contribution is 2.07. The molecule has 0 aromatic carbocycles. The van der Waals surface area contributed by atoms with Crippen LogP contribution in [0.25, 0.3) is 0 Å². The van der Waals surface area contributed by atoms with Crippen LogP contribution in [0.4, 0.5) is 0 Å². The Balaban J connectivity index is 1.71. The third kappa shape index (κ3) is 3.04. The predicted molar refractivity (Wildman–Crippen MR) is 60.1 cm³/mol. The topological polar surface area (TPSA) is 50.5 Å². The molecule has 1 atom stereocenters. The van der Waals surface area contributed by atoms with Crippen molar-refractivity contribution in [1.29, 1.82) is 0 Å². The first kappa shape index (κ1) is 11.6. The zero-order valence-electron chi connectivity index (χ0n) is 9.46. The molecule has 0 amide bonds. The molecular weight excluding hydrogens is 206 g/mol. The Kier molecular flexibility index (Phi) is 4.33. The van der Waals surface area contributed by atoms with Crippen molar-refractivity contribution in [3.05, 3.63) is 18.7 Å². The molecule has 5 nitrogen and oxygen atoms in total. The SMILES string of the molecule is OCC1COCCN1CCCn1ccnc1. The van der Waals surface area contributed by atoms with Crippen LogP contribution in [0.3, 0.4) is 0 Å². The van der Waals surface area contributed by atoms with E-state index in [1.165, 1.54) is 0 Å². The molecule has 1 saturated heterocycles. The van der Waals surface area contributed by atoms with Gasteiger partial charge in [-0.2, -0.15) is 0 Å². The Morgan fingerprint density at radius 3 is 3.12 bits per heavy atom. The van der Waals surface area contributed by atoms with Gasteiger partial charge in [0, 0.05) is 32.0 Å². The van der Waals surface area contributed by atoms with Gasteiger partial charge < -0.3 is 14.4 Å². The van der Waals surface area contributed by atoms with Gasteiger partial charge in [0.25, 0.3) is 0 Å². The summed E-state index contributed by atoms with van der Waals surface area (Å²) in [5, 5.41) is 9.21. The largest absolute Gasteiger partial charge is 0.395 e. The number of nitrogens with zero attached hydrogens (tertiary/aromatic N) is 3. The molecule has 2 rings (SSSR count). The third-order valence-electron chi connectivity index (χ3n) is 2.98. The summed E-state index contributed by atoms with van der Waals surface area (Å²) in [6.07, 6.45) is 6.68. The molecule has 1 aromatic rings. The monoisotopic (exact) mass is 225 g/mol. The van der Waals surface area contributed by atoms with E-state index in [2.05, 4.69) is 14.5 Å². The molecule has 16 heavy (non-hydrogen) atoms. The van der Waals surface area contributed by atoms with E-state index in [1.54, 1.807) is 6.20 Å². The highest BCUT2D eigenvalue weighted by atomic mass is 16.5. The molecule has 0 aliphatic carbocycles. The summed E-state index contributed by atoms with van der Waals surface area (Å²) in [5.74, 6) is 0. The van der Waals surface area contributed by atoms with E-state index < -0.39 is 0 Å². The molecule has 1 aliphatic rings. The molecule has 1 aliphatic heterocycles. The fraction of sp³-hybridized carbons (Fsp3) is 0.727. The molecule has 5 heteroatoms. The van der Waals surface area contributed by atoms with Crippen LogP contribution in [0.15, 0.2) is 18.7 Å². The molecule has 90 valence electrons. The van der Waals surface area contributed by atoms with Crippen molar-refractivity contribution in [3.8, 4) is 0 Å². The number of rotatable bonds is 5. The minimum absolute atomic E-state index is 0.177. The van der Waals surface area contributed by atoms with E-state index in [-0.39, 0.29) is 12.6 Å². The lowest BCUT2D eigenvalue weighted by atomic mass is 10.2. The number of aliphatic hydroxyl groups is 1. The smallest absolute Gasteiger partial charge is 0.0945 e. The Labute approximate surface area is 95.7 Å². The summed E-state index contributed by atoms with van der Waals surface area (Å²) in [6, 6.07) is 0.177. The summed E-state index contributed by atoms with van der Waals surface area (Å²) in [5.41, 5.74) is 0. The van der Waals surface area contributed by atoms with Crippen molar-refractivity contribution >= 4 is 0 Å². The standard InChI is InChI=1S/C11H19N3O2/c15-8-11-9-16-7-6-14(11)4-1-3-13-5-2-12-10-13/h2,5,10-11,15H,1,3-4,6-9H2. The average molecular weight is 225 g/mol. The number of aromatic nitrogens is 2. The Bertz CT molecular complexity index is 289. The van der Waals surface area contributed by atoms with Crippen molar-refractivity contribution in [1.82, 2.24) is 14.5 Å². The maximum Gasteiger partial charge on any atom is 0.0945 e. The minimum atomic E-state index is 0.177. The molecule has 1 fully saturated rings. The second kappa shape index (κ2) is 5.98. The Morgan fingerprint density at radius 2 is 2.38 bits per heavy atom. The first-order chi connectivity index (χ1) is 7.90. The van der Waals surface area contributed by atoms with Gasteiger partial charge in [-0.15, -0.1) is 0 Å². The zero-order valence-corrected chi connectivity index (χ0v) is 9.46. The van der Waals surface area contributed by atoms with E-state index in [1.807, 2.05) is 12.5 Å². The van der Waals surface area contributed by atoms with Crippen molar-refractivity contribution in [2.24, 2.45) is 0 Å². The van der Waals surface area contributed by atoms with Gasteiger partial charge >= 0.3 is 0 Å². The number of aryl methyl sites for hydroxylation is 1. The summed E-state index contributed by atoms with van der Waals surface area (Å²) in [4.78, 5) is 6.31. The van der Waals surface area contributed by atoms with Crippen molar-refractivity contribution in [3.63, 3.8) is 0 Å². The van der Waals surface area contributed by atoms with Gasteiger partial charge in [0.05, 0.1) is 32.2 Å². The number of morpholine rings is 1. The molecule has 1 unspecified atom stereocenters. The second-order valence-corrected chi connectivity index (χ2v) is 4.10. The molecule has 0 spiro atoms. The van der Waals surface area contributed by atoms with E-state index in [0.29, 0.717) is 6.61 Å². The van der Waals surface area contributed by atoms with Gasteiger partial charge in [0.1, 0.15) is 0 Å². The van der Waals surface area contributed by atoms with Crippen molar-refractivity contribution in [2.45, 2.75) is 19.0 Å². The molecule has 0 saturated carbocycles. The number of imidazole rings is 1. The van der Waals surface area contributed by atoms with E-state index in [0.717, 1.165) is 32.7 Å². The van der Waals surface area contributed by atoms with Crippen LogP contribution >= 0.6 is 0 Å². The van der Waals surface area contributed by atoms with Crippen LogP contribution in [-0.2, 0) is 11.3 Å². The predicted octanol–water partition coefficient (Wildman–Crippen LogP) is -0.0337. The summed E-state index contributed by atoms with van der Waals surface area (Å²) >= 11 is 0. The van der Waals surface area contributed by atoms with Crippen LogP contribution in [-0.4, -0.2) is 58.5 Å². The molecule has 2 heterocycles. The van der Waals surface area contributed by atoms with Gasteiger partial charge in [0.2, 0.25) is 0 Å². The summed E-state index contributed by atoms with van der Waals surface area (Å²) in [7, 11) is 0. The molecule has 0 bridgehead atoms. The lowest BCUT2D eigenvalue weighted by Gasteiger charge is -2.34. The zero-order chi connectivity index (χ0) is 11.2. The van der Waals surface area contributed by atoms with Gasteiger partial charge in [-0.05, 0) is 6.42 Å².